The van der Waals surface area contributed by atoms with Crippen molar-refractivity contribution < 1.29 is 5.11 Å². The van der Waals surface area contributed by atoms with Crippen LogP contribution in [0, 0.1) is 6.92 Å². The first-order valence-electron chi connectivity index (χ1n) is 9.83. The van der Waals surface area contributed by atoms with E-state index in [1.165, 1.54) is 0 Å². The van der Waals surface area contributed by atoms with Crippen molar-refractivity contribution in [3.8, 4) is 0 Å². The van der Waals surface area contributed by atoms with Crippen LogP contribution in [-0.2, 0) is 7.05 Å². The molecule has 0 spiro atoms. The van der Waals surface area contributed by atoms with Gasteiger partial charge >= 0.3 is 5.69 Å². The molecule has 0 radical (unpaired) electrons. The van der Waals surface area contributed by atoms with Gasteiger partial charge in [-0.15, -0.1) is 0 Å². The molecule has 4 aromatic heterocycles. The van der Waals surface area contributed by atoms with Crippen LogP contribution < -0.4 is 11.0 Å². The average molecular weight is 393 g/mol. The molecule has 150 valence electrons. The molecular weight excluding hydrogens is 370 g/mol. The molecule has 0 aliphatic heterocycles. The third kappa shape index (κ3) is 2.98. The minimum atomic E-state index is -0.273. The molecule has 4 aromatic rings. The Morgan fingerprint density at radius 1 is 1.21 bits per heavy atom. The van der Waals surface area contributed by atoms with E-state index in [2.05, 4.69) is 20.3 Å². The lowest BCUT2D eigenvalue weighted by atomic mass is 9.93. The number of fused-ring (bicyclic) bond motifs is 2. The summed E-state index contributed by atoms with van der Waals surface area (Å²) in [5, 5.41) is 13.1. The Kier molecular flexibility index (Phi) is 4.13. The van der Waals surface area contributed by atoms with Gasteiger partial charge in [0.2, 0.25) is 5.95 Å². The van der Waals surface area contributed by atoms with Gasteiger partial charge in [0.05, 0.1) is 18.0 Å². The molecule has 29 heavy (non-hydrogen) atoms. The lowest BCUT2D eigenvalue weighted by molar-refractivity contribution is 0.110. The zero-order chi connectivity index (χ0) is 20.1. The second kappa shape index (κ2) is 6.70. The predicted octanol–water partition coefficient (Wildman–Crippen LogP) is 2.31. The predicted molar refractivity (Wildman–Crippen MR) is 109 cm³/mol. The van der Waals surface area contributed by atoms with E-state index in [9.17, 15) is 9.90 Å². The van der Waals surface area contributed by atoms with Crippen LogP contribution in [0.5, 0.6) is 0 Å². The third-order valence-corrected chi connectivity index (χ3v) is 5.85. The van der Waals surface area contributed by atoms with E-state index in [0.717, 1.165) is 29.7 Å². The fourth-order valence-corrected chi connectivity index (χ4v) is 4.15. The summed E-state index contributed by atoms with van der Waals surface area (Å²) in [4.78, 5) is 26.3. The molecule has 2 N–H and O–H groups in total. The maximum atomic E-state index is 12.9. The molecule has 1 saturated carbocycles. The van der Waals surface area contributed by atoms with Crippen molar-refractivity contribution in [1.29, 1.82) is 0 Å². The molecule has 1 fully saturated rings. The van der Waals surface area contributed by atoms with Crippen LogP contribution in [-0.4, -0.2) is 39.7 Å². The van der Waals surface area contributed by atoms with Crippen LogP contribution in [0.1, 0.15) is 37.3 Å². The monoisotopic (exact) mass is 393 g/mol. The minimum Gasteiger partial charge on any atom is -0.393 e. The topological polar surface area (TPSA) is 102 Å². The standard InChI is InChI=1S/C20H23N7O2/c1-12-9-17-21-7-8-26(17)11-15(12)23-19-22-10-16-18(24-19)27(20(29)25(16)2)13-3-5-14(28)6-4-13/h7-11,13-14,28H,3-6H2,1-2H3,(H,22,23,24). The number of pyridine rings is 1. The maximum Gasteiger partial charge on any atom is 0.330 e. The molecule has 9 heteroatoms. The van der Waals surface area contributed by atoms with Gasteiger partial charge in [0, 0.05) is 31.7 Å². The van der Waals surface area contributed by atoms with Crippen molar-refractivity contribution in [3.63, 3.8) is 0 Å². The molecule has 0 bridgehead atoms. The van der Waals surface area contributed by atoms with Crippen molar-refractivity contribution in [2.24, 2.45) is 7.05 Å². The highest BCUT2D eigenvalue weighted by Crippen LogP contribution is 2.30. The molecule has 1 aliphatic rings. The first-order chi connectivity index (χ1) is 14.0. The summed E-state index contributed by atoms with van der Waals surface area (Å²) in [6, 6.07) is 2.04. The number of aromatic nitrogens is 6. The SMILES string of the molecule is Cc1cc2nccn2cc1Nc1ncc2c(n1)n(C1CCC(O)CC1)c(=O)n2C. The highest BCUT2D eigenvalue weighted by molar-refractivity contribution is 5.73. The number of nitrogens with zero attached hydrogens (tertiary/aromatic N) is 6. The van der Waals surface area contributed by atoms with Crippen LogP contribution in [0.25, 0.3) is 16.8 Å². The summed E-state index contributed by atoms with van der Waals surface area (Å²) in [6.07, 6.45) is 9.94. The van der Waals surface area contributed by atoms with E-state index in [-0.39, 0.29) is 17.8 Å². The van der Waals surface area contributed by atoms with Crippen LogP contribution in [0.4, 0.5) is 11.6 Å². The van der Waals surface area contributed by atoms with E-state index in [1.807, 2.05) is 29.8 Å². The van der Waals surface area contributed by atoms with Crippen molar-refractivity contribution >= 4 is 28.4 Å². The van der Waals surface area contributed by atoms with Gasteiger partial charge in [-0.2, -0.15) is 4.98 Å². The second-order valence-electron chi connectivity index (χ2n) is 7.76. The van der Waals surface area contributed by atoms with Crippen LogP contribution >= 0.6 is 0 Å². The van der Waals surface area contributed by atoms with Crippen LogP contribution in [0.2, 0.25) is 0 Å². The first kappa shape index (κ1) is 17.9. The summed E-state index contributed by atoms with van der Waals surface area (Å²) >= 11 is 0. The van der Waals surface area contributed by atoms with Crippen molar-refractivity contribution in [2.45, 2.75) is 44.8 Å². The number of nitrogens with one attached hydrogen (secondary N) is 1. The quantitative estimate of drug-likeness (QED) is 0.554. The Morgan fingerprint density at radius 3 is 2.79 bits per heavy atom. The van der Waals surface area contributed by atoms with Gasteiger partial charge in [0.1, 0.15) is 11.2 Å². The molecule has 0 unspecified atom stereocenters. The zero-order valence-corrected chi connectivity index (χ0v) is 16.4. The average Bonchev–Trinajstić information content (AvgIpc) is 3.25. The Bertz CT molecular complexity index is 1260. The Morgan fingerprint density at radius 2 is 2.00 bits per heavy atom. The summed E-state index contributed by atoms with van der Waals surface area (Å²) in [7, 11) is 1.74. The molecule has 0 aromatic carbocycles. The van der Waals surface area contributed by atoms with Gasteiger partial charge in [-0.1, -0.05) is 0 Å². The second-order valence-corrected chi connectivity index (χ2v) is 7.76. The highest BCUT2D eigenvalue weighted by Gasteiger charge is 2.26. The fourth-order valence-electron chi connectivity index (χ4n) is 4.15. The summed E-state index contributed by atoms with van der Waals surface area (Å²) in [6.45, 7) is 2.00. The lowest BCUT2D eigenvalue weighted by Crippen LogP contribution is -2.30. The van der Waals surface area contributed by atoms with Crippen molar-refractivity contribution in [3.05, 3.63) is 46.9 Å². The molecule has 9 nitrogen and oxygen atoms in total. The maximum absolute atomic E-state index is 12.9. The smallest absolute Gasteiger partial charge is 0.330 e. The van der Waals surface area contributed by atoms with E-state index >= 15 is 0 Å². The first-order valence-corrected chi connectivity index (χ1v) is 9.83. The third-order valence-electron chi connectivity index (χ3n) is 5.85. The Balaban J connectivity index is 1.56. The number of imidazole rings is 2. The minimum absolute atomic E-state index is 0.0429. The lowest BCUT2D eigenvalue weighted by Gasteiger charge is -2.26. The van der Waals surface area contributed by atoms with Crippen molar-refractivity contribution in [2.75, 3.05) is 5.32 Å². The molecular formula is C20H23N7O2. The number of aryl methyl sites for hydroxylation is 2. The largest absolute Gasteiger partial charge is 0.393 e. The highest BCUT2D eigenvalue weighted by atomic mass is 16.3. The van der Waals surface area contributed by atoms with Gasteiger partial charge in [-0.25, -0.2) is 14.8 Å². The number of aliphatic hydroxyl groups excluding tert-OH is 1. The summed E-state index contributed by atoms with van der Waals surface area (Å²) < 4.78 is 5.28. The molecule has 1 aliphatic carbocycles. The normalized spacial score (nSPS) is 19.8. The molecule has 0 saturated heterocycles. The van der Waals surface area contributed by atoms with Gasteiger partial charge in [0.25, 0.3) is 0 Å². The molecule has 0 atom stereocenters. The Labute approximate surface area is 166 Å². The van der Waals surface area contributed by atoms with Gasteiger partial charge < -0.3 is 14.8 Å². The number of anilines is 2. The molecule has 4 heterocycles. The number of hydrogen-bond donors (Lipinski definition) is 2. The summed E-state index contributed by atoms with van der Waals surface area (Å²) in [5.74, 6) is 0.440. The van der Waals surface area contributed by atoms with E-state index in [0.29, 0.717) is 30.0 Å². The Hall–Kier alpha value is -3.20. The summed E-state index contributed by atoms with van der Waals surface area (Å²) in [5.41, 5.74) is 4.01. The van der Waals surface area contributed by atoms with E-state index in [1.54, 1.807) is 28.6 Å². The van der Waals surface area contributed by atoms with Crippen LogP contribution in [0.3, 0.4) is 0 Å². The number of aliphatic hydroxyl groups is 1. The molecule has 5 rings (SSSR count). The number of rotatable bonds is 3. The van der Waals surface area contributed by atoms with E-state index < -0.39 is 0 Å². The van der Waals surface area contributed by atoms with Gasteiger partial charge in [-0.3, -0.25) is 9.13 Å². The fraction of sp³-hybridized carbons (Fsp3) is 0.400. The van der Waals surface area contributed by atoms with Gasteiger partial charge in [-0.05, 0) is 44.2 Å². The molecule has 0 amide bonds. The van der Waals surface area contributed by atoms with Crippen LogP contribution in [0.15, 0.2) is 35.6 Å². The van der Waals surface area contributed by atoms with E-state index in [4.69, 9.17) is 0 Å². The van der Waals surface area contributed by atoms with Gasteiger partial charge in [0.15, 0.2) is 5.65 Å². The van der Waals surface area contributed by atoms with Crippen molar-refractivity contribution in [1.82, 2.24) is 28.5 Å². The zero-order valence-electron chi connectivity index (χ0n) is 16.4. The number of hydrogen-bond acceptors (Lipinski definition) is 6.